The van der Waals surface area contributed by atoms with Crippen molar-refractivity contribution in [1.82, 2.24) is 4.31 Å². The fourth-order valence-electron chi connectivity index (χ4n) is 2.23. The zero-order valence-electron chi connectivity index (χ0n) is 10.5. The van der Waals surface area contributed by atoms with Crippen molar-refractivity contribution >= 4 is 10.0 Å². The lowest BCUT2D eigenvalue weighted by Crippen LogP contribution is -2.31. The number of rotatable bonds is 3. The lowest BCUT2D eigenvalue weighted by atomic mass is 10.1. The van der Waals surface area contributed by atoms with Crippen molar-refractivity contribution in [3.05, 3.63) is 29.8 Å². The summed E-state index contributed by atoms with van der Waals surface area (Å²) >= 11 is 0. The van der Waals surface area contributed by atoms with Gasteiger partial charge in [-0.3, -0.25) is 0 Å². The van der Waals surface area contributed by atoms with Crippen molar-refractivity contribution in [2.24, 2.45) is 5.92 Å². The molecule has 0 spiro atoms. The fraction of sp³-hybridized carbons (Fsp3) is 0.500. The quantitative estimate of drug-likeness (QED) is 0.925. The van der Waals surface area contributed by atoms with E-state index in [-0.39, 0.29) is 25.6 Å². The maximum atomic E-state index is 12.9. The van der Waals surface area contributed by atoms with E-state index >= 15 is 0 Å². The zero-order valence-corrected chi connectivity index (χ0v) is 11.3. The number of nitrogens with zero attached hydrogens (tertiary/aromatic N) is 1. The molecule has 20 heavy (non-hydrogen) atoms. The third kappa shape index (κ3) is 2.82. The van der Waals surface area contributed by atoms with E-state index in [4.69, 9.17) is 5.11 Å². The van der Waals surface area contributed by atoms with Crippen LogP contribution in [0.4, 0.5) is 13.2 Å². The standard InChI is InChI=1S/C12H14F3NO3S/c13-12(14,15)10-3-1-2-4-11(10)20(18,19)16-6-5-9(7-16)8-17/h1-4,9,17H,5-8H2/t9-/m1/s1. The first-order chi connectivity index (χ1) is 9.26. The molecule has 2 rings (SSSR count). The number of sulfonamides is 1. The van der Waals surface area contributed by atoms with Crippen molar-refractivity contribution in [1.29, 1.82) is 0 Å². The van der Waals surface area contributed by atoms with Crippen LogP contribution in [0.25, 0.3) is 0 Å². The van der Waals surface area contributed by atoms with Crippen molar-refractivity contribution in [2.45, 2.75) is 17.5 Å². The molecule has 1 heterocycles. The Morgan fingerprint density at radius 1 is 1.30 bits per heavy atom. The minimum Gasteiger partial charge on any atom is -0.396 e. The molecular weight excluding hydrogens is 295 g/mol. The van der Waals surface area contributed by atoms with Gasteiger partial charge in [0.15, 0.2) is 0 Å². The van der Waals surface area contributed by atoms with Gasteiger partial charge < -0.3 is 5.11 Å². The second-order valence-electron chi connectivity index (χ2n) is 4.69. The first kappa shape index (κ1) is 15.3. The highest BCUT2D eigenvalue weighted by Gasteiger charge is 2.40. The molecule has 1 atom stereocenters. The SMILES string of the molecule is O=S(=O)(c1ccccc1C(F)(F)F)N1CC[C@@H](CO)C1. The van der Waals surface area contributed by atoms with E-state index in [9.17, 15) is 21.6 Å². The summed E-state index contributed by atoms with van der Waals surface area (Å²) in [5.41, 5.74) is -1.16. The molecule has 1 N–H and O–H groups in total. The van der Waals surface area contributed by atoms with Crippen molar-refractivity contribution < 1.29 is 26.7 Å². The summed E-state index contributed by atoms with van der Waals surface area (Å²) in [4.78, 5) is -0.730. The van der Waals surface area contributed by atoms with E-state index < -0.39 is 26.7 Å². The van der Waals surface area contributed by atoms with Crippen LogP contribution in [0.1, 0.15) is 12.0 Å². The minimum absolute atomic E-state index is 0.0467. The molecule has 8 heteroatoms. The molecule has 1 saturated heterocycles. The van der Waals surface area contributed by atoms with Crippen LogP contribution in [-0.4, -0.2) is 37.5 Å². The monoisotopic (exact) mass is 309 g/mol. The lowest BCUT2D eigenvalue weighted by Gasteiger charge is -2.19. The van der Waals surface area contributed by atoms with Gasteiger partial charge >= 0.3 is 6.18 Å². The molecule has 1 aliphatic rings. The zero-order chi connectivity index (χ0) is 15.0. The summed E-state index contributed by atoms with van der Waals surface area (Å²) < 4.78 is 64.3. The molecule has 1 aromatic carbocycles. The molecule has 0 aromatic heterocycles. The Labute approximate surface area is 114 Å². The number of alkyl halides is 3. The number of aliphatic hydroxyl groups excluding tert-OH is 1. The van der Waals surface area contributed by atoms with Crippen LogP contribution in [0, 0.1) is 5.92 Å². The van der Waals surface area contributed by atoms with E-state index in [1.54, 1.807) is 0 Å². The Balaban J connectivity index is 2.41. The molecule has 0 amide bonds. The Bertz CT molecular complexity index is 586. The normalized spacial score (nSPS) is 21.3. The van der Waals surface area contributed by atoms with Gasteiger partial charge in [-0.05, 0) is 24.5 Å². The summed E-state index contributed by atoms with van der Waals surface area (Å²) in [6, 6.07) is 4.14. The van der Waals surface area contributed by atoms with E-state index in [0.717, 1.165) is 22.5 Å². The van der Waals surface area contributed by atoms with Crippen LogP contribution in [0.3, 0.4) is 0 Å². The summed E-state index contributed by atoms with van der Waals surface area (Å²) in [6.45, 7) is -0.00227. The highest BCUT2D eigenvalue weighted by molar-refractivity contribution is 7.89. The van der Waals surface area contributed by atoms with Crippen LogP contribution < -0.4 is 0 Å². The van der Waals surface area contributed by atoms with Crippen LogP contribution in [0.15, 0.2) is 29.2 Å². The number of hydrogen-bond donors (Lipinski definition) is 1. The average molecular weight is 309 g/mol. The molecule has 4 nitrogen and oxygen atoms in total. The van der Waals surface area contributed by atoms with Crippen LogP contribution >= 0.6 is 0 Å². The Hall–Kier alpha value is -1.12. The third-order valence-electron chi connectivity index (χ3n) is 3.32. The van der Waals surface area contributed by atoms with Gasteiger partial charge in [0, 0.05) is 19.7 Å². The maximum absolute atomic E-state index is 12.9. The van der Waals surface area contributed by atoms with Gasteiger partial charge in [-0.1, -0.05) is 12.1 Å². The Kier molecular flexibility index (Phi) is 4.08. The Morgan fingerprint density at radius 2 is 1.95 bits per heavy atom. The fourth-order valence-corrected chi connectivity index (χ4v) is 3.97. The summed E-state index contributed by atoms with van der Waals surface area (Å²) in [6.07, 6.45) is -4.27. The van der Waals surface area contributed by atoms with E-state index in [1.165, 1.54) is 6.07 Å². The molecule has 0 saturated carbocycles. The highest BCUT2D eigenvalue weighted by atomic mass is 32.2. The molecule has 0 unspecified atom stereocenters. The largest absolute Gasteiger partial charge is 0.417 e. The van der Waals surface area contributed by atoms with Gasteiger partial charge in [0.05, 0.1) is 10.5 Å². The molecule has 1 aliphatic heterocycles. The van der Waals surface area contributed by atoms with E-state index in [1.807, 2.05) is 0 Å². The van der Waals surface area contributed by atoms with Crippen molar-refractivity contribution in [3.63, 3.8) is 0 Å². The molecular formula is C12H14F3NO3S. The van der Waals surface area contributed by atoms with Gasteiger partial charge in [-0.15, -0.1) is 0 Å². The lowest BCUT2D eigenvalue weighted by molar-refractivity contribution is -0.139. The molecule has 1 aromatic rings. The molecule has 112 valence electrons. The maximum Gasteiger partial charge on any atom is 0.417 e. The number of aliphatic hydroxyl groups is 1. The summed E-state index contributed by atoms with van der Waals surface area (Å²) in [7, 11) is -4.19. The topological polar surface area (TPSA) is 57.6 Å². The number of benzene rings is 1. The Morgan fingerprint density at radius 3 is 2.50 bits per heavy atom. The van der Waals surface area contributed by atoms with Gasteiger partial charge in [0.1, 0.15) is 0 Å². The number of halogens is 3. The van der Waals surface area contributed by atoms with Gasteiger partial charge in [0.2, 0.25) is 10.0 Å². The van der Waals surface area contributed by atoms with Crippen molar-refractivity contribution in [3.8, 4) is 0 Å². The summed E-state index contributed by atoms with van der Waals surface area (Å²) in [5, 5.41) is 9.00. The molecule has 1 fully saturated rings. The molecule has 0 radical (unpaired) electrons. The highest BCUT2D eigenvalue weighted by Crippen LogP contribution is 2.36. The summed E-state index contributed by atoms with van der Waals surface area (Å²) in [5.74, 6) is -0.220. The second-order valence-corrected chi connectivity index (χ2v) is 6.60. The van der Waals surface area contributed by atoms with Crippen LogP contribution in [0.2, 0.25) is 0 Å². The van der Waals surface area contributed by atoms with Gasteiger partial charge in [-0.25, -0.2) is 8.42 Å². The van der Waals surface area contributed by atoms with E-state index in [0.29, 0.717) is 6.42 Å². The van der Waals surface area contributed by atoms with E-state index in [2.05, 4.69) is 0 Å². The number of hydrogen-bond acceptors (Lipinski definition) is 3. The first-order valence-electron chi connectivity index (χ1n) is 6.04. The smallest absolute Gasteiger partial charge is 0.396 e. The van der Waals surface area contributed by atoms with Crippen molar-refractivity contribution in [2.75, 3.05) is 19.7 Å². The average Bonchev–Trinajstić information content (AvgIpc) is 2.87. The van der Waals surface area contributed by atoms with Gasteiger partial charge in [0.25, 0.3) is 0 Å². The third-order valence-corrected chi connectivity index (χ3v) is 5.24. The first-order valence-corrected chi connectivity index (χ1v) is 7.48. The van der Waals surface area contributed by atoms with Crippen LogP contribution in [0.5, 0.6) is 0 Å². The predicted octanol–water partition coefficient (Wildman–Crippen LogP) is 1.71. The van der Waals surface area contributed by atoms with Crippen LogP contribution in [-0.2, 0) is 16.2 Å². The molecule has 0 aliphatic carbocycles. The minimum atomic E-state index is -4.72. The predicted molar refractivity (Wildman–Crippen MR) is 65.4 cm³/mol. The molecule has 0 bridgehead atoms. The second kappa shape index (κ2) is 5.34. The van der Waals surface area contributed by atoms with Gasteiger partial charge in [-0.2, -0.15) is 17.5 Å².